The topological polar surface area (TPSA) is 112 Å². The summed E-state index contributed by atoms with van der Waals surface area (Å²) in [5.74, 6) is -2.51. The maximum atomic E-state index is 12.0. The average Bonchev–Trinajstić information content (AvgIpc) is 2.64. The molecule has 0 spiro atoms. The molecule has 0 unspecified atom stereocenters. The lowest BCUT2D eigenvalue weighted by Crippen LogP contribution is -2.10. The van der Waals surface area contributed by atoms with E-state index in [1.165, 1.54) is 46.6 Å². The van der Waals surface area contributed by atoms with E-state index in [-0.39, 0.29) is 45.3 Å². The van der Waals surface area contributed by atoms with Gasteiger partial charge in [0.25, 0.3) is 0 Å². The van der Waals surface area contributed by atoms with Crippen LogP contribution < -0.4 is 18.9 Å². The summed E-state index contributed by atoms with van der Waals surface area (Å²) in [5.41, 5.74) is -0.223. The van der Waals surface area contributed by atoms with Crippen LogP contribution in [0.3, 0.4) is 0 Å². The number of ether oxygens (including phenoxy) is 4. The van der Waals surface area contributed by atoms with Crippen LogP contribution in [0.25, 0.3) is 11.1 Å². The lowest BCUT2D eigenvalue weighted by atomic mass is 9.92. The molecule has 0 saturated heterocycles. The Balaban J connectivity index is 3.11. The fraction of sp³-hybridized carbons (Fsp3) is 0.222. The summed E-state index contributed by atoms with van der Waals surface area (Å²) in [7, 11) is 5.29. The third-order valence-electron chi connectivity index (χ3n) is 3.78. The number of hydrogen-bond acceptors (Lipinski definition) is 6. The second kappa shape index (κ2) is 7.64. The molecule has 8 nitrogen and oxygen atoms in total. The van der Waals surface area contributed by atoms with Crippen LogP contribution in [0.1, 0.15) is 20.7 Å². The summed E-state index contributed by atoms with van der Waals surface area (Å²) in [6, 6.07) is 5.99. The highest BCUT2D eigenvalue weighted by Crippen LogP contribution is 2.53. The molecule has 0 heterocycles. The highest BCUT2D eigenvalue weighted by atomic mass is 16.5. The van der Waals surface area contributed by atoms with Gasteiger partial charge in [0.15, 0.2) is 11.5 Å². The van der Waals surface area contributed by atoms with Crippen molar-refractivity contribution < 1.29 is 38.7 Å². The van der Waals surface area contributed by atoms with Crippen molar-refractivity contribution in [1.82, 2.24) is 0 Å². The van der Waals surface area contributed by atoms with E-state index in [4.69, 9.17) is 18.9 Å². The number of carbonyl (C=O) groups is 2. The van der Waals surface area contributed by atoms with E-state index in [0.29, 0.717) is 0 Å². The molecule has 2 rings (SSSR count). The van der Waals surface area contributed by atoms with E-state index in [0.717, 1.165) is 0 Å². The molecule has 0 aliphatic rings. The Kier molecular flexibility index (Phi) is 5.56. The first-order chi connectivity index (χ1) is 12.4. The molecule has 2 aromatic carbocycles. The van der Waals surface area contributed by atoms with Crippen LogP contribution in [0, 0.1) is 0 Å². The molecule has 0 amide bonds. The van der Waals surface area contributed by atoms with Crippen LogP contribution >= 0.6 is 0 Å². The van der Waals surface area contributed by atoms with Gasteiger partial charge < -0.3 is 29.2 Å². The zero-order chi connectivity index (χ0) is 19.4. The molecule has 2 N–H and O–H groups in total. The Morgan fingerprint density at radius 2 is 1.23 bits per heavy atom. The van der Waals surface area contributed by atoms with Crippen molar-refractivity contribution in [2.24, 2.45) is 0 Å². The van der Waals surface area contributed by atoms with Gasteiger partial charge in [-0.3, -0.25) is 0 Å². The Bertz CT molecular complexity index is 857. The first-order valence-corrected chi connectivity index (χ1v) is 7.38. The Morgan fingerprint density at radius 1 is 0.731 bits per heavy atom. The number of rotatable bonds is 7. The normalized spacial score (nSPS) is 10.2. The first-order valence-electron chi connectivity index (χ1n) is 7.38. The molecule has 0 atom stereocenters. The lowest BCUT2D eigenvalue weighted by molar-refractivity contribution is 0.0681. The van der Waals surface area contributed by atoms with Crippen molar-refractivity contribution >= 4 is 11.9 Å². The van der Waals surface area contributed by atoms with Crippen LogP contribution in [0.15, 0.2) is 24.3 Å². The summed E-state index contributed by atoms with van der Waals surface area (Å²) < 4.78 is 21.2. The number of carboxylic acid groups (broad SMARTS) is 2. The van der Waals surface area contributed by atoms with Crippen molar-refractivity contribution in [1.29, 1.82) is 0 Å². The van der Waals surface area contributed by atoms with Gasteiger partial charge in [0.05, 0.1) is 34.0 Å². The van der Waals surface area contributed by atoms with Gasteiger partial charge in [-0.25, -0.2) is 9.59 Å². The summed E-state index contributed by atoms with van der Waals surface area (Å²) in [5, 5.41) is 19.3. The van der Waals surface area contributed by atoms with Gasteiger partial charge in [-0.2, -0.15) is 0 Å². The van der Waals surface area contributed by atoms with Gasteiger partial charge in [-0.05, 0) is 6.07 Å². The third-order valence-corrected chi connectivity index (χ3v) is 3.78. The fourth-order valence-electron chi connectivity index (χ4n) is 2.77. The monoisotopic (exact) mass is 362 g/mol. The molecule has 26 heavy (non-hydrogen) atoms. The number of hydrogen-bond donors (Lipinski definition) is 2. The van der Waals surface area contributed by atoms with Crippen molar-refractivity contribution in [2.75, 3.05) is 28.4 Å². The summed E-state index contributed by atoms with van der Waals surface area (Å²) in [6.07, 6.45) is 0. The molecule has 0 aliphatic heterocycles. The highest BCUT2D eigenvalue weighted by Gasteiger charge is 2.33. The molecule has 0 aliphatic carbocycles. The van der Waals surface area contributed by atoms with Crippen LogP contribution in [-0.4, -0.2) is 50.6 Å². The minimum Gasteiger partial charge on any atom is -0.492 e. The lowest BCUT2D eigenvalue weighted by Gasteiger charge is -2.22. The quantitative estimate of drug-likeness (QED) is 0.773. The minimum absolute atomic E-state index is 0.0208. The number of benzene rings is 2. The molecule has 0 saturated carbocycles. The largest absolute Gasteiger partial charge is 0.492 e. The molecule has 0 aromatic heterocycles. The summed E-state index contributed by atoms with van der Waals surface area (Å²) in [6.45, 7) is 0. The van der Waals surface area contributed by atoms with Crippen molar-refractivity contribution in [3.05, 3.63) is 35.4 Å². The Morgan fingerprint density at radius 3 is 1.69 bits per heavy atom. The minimum atomic E-state index is -1.34. The van der Waals surface area contributed by atoms with Crippen LogP contribution in [0.2, 0.25) is 0 Å². The maximum Gasteiger partial charge on any atom is 0.340 e. The third kappa shape index (κ3) is 2.97. The molecule has 2 aromatic rings. The number of aromatic carboxylic acids is 2. The van der Waals surface area contributed by atoms with Gasteiger partial charge in [-0.1, -0.05) is 18.2 Å². The average molecular weight is 362 g/mol. The molecular formula is C18H18O8. The Hall–Kier alpha value is -3.42. The Labute approximate surface area is 149 Å². The summed E-state index contributed by atoms with van der Waals surface area (Å²) in [4.78, 5) is 23.6. The zero-order valence-electron chi connectivity index (χ0n) is 14.7. The second-order valence-corrected chi connectivity index (χ2v) is 5.04. The van der Waals surface area contributed by atoms with Crippen molar-refractivity contribution in [3.63, 3.8) is 0 Å². The van der Waals surface area contributed by atoms with Gasteiger partial charge in [-0.15, -0.1) is 0 Å². The first kappa shape index (κ1) is 18.9. The van der Waals surface area contributed by atoms with E-state index in [1.807, 2.05) is 0 Å². The van der Waals surface area contributed by atoms with Gasteiger partial charge in [0.1, 0.15) is 5.56 Å². The van der Waals surface area contributed by atoms with Crippen LogP contribution in [0.4, 0.5) is 0 Å². The van der Waals surface area contributed by atoms with Crippen molar-refractivity contribution in [3.8, 4) is 34.1 Å². The standard InChI is InChI=1S/C18H18O8/c1-23-13-11(9-7-5-6-8-10(9)17(19)20)12(18(21)22)14(24-2)16(26-4)15(13)25-3/h5-8H,1-4H3,(H,19,20)(H,21,22). The van der Waals surface area contributed by atoms with E-state index in [1.54, 1.807) is 6.07 Å². The van der Waals surface area contributed by atoms with E-state index < -0.39 is 11.9 Å². The van der Waals surface area contributed by atoms with E-state index >= 15 is 0 Å². The van der Waals surface area contributed by atoms with Gasteiger partial charge >= 0.3 is 11.9 Å². The van der Waals surface area contributed by atoms with Crippen LogP contribution in [0.5, 0.6) is 23.0 Å². The summed E-state index contributed by atoms with van der Waals surface area (Å²) >= 11 is 0. The molecule has 8 heteroatoms. The molecule has 0 bridgehead atoms. The molecule has 0 fully saturated rings. The maximum absolute atomic E-state index is 12.0. The van der Waals surface area contributed by atoms with Gasteiger partial charge in [0.2, 0.25) is 11.5 Å². The van der Waals surface area contributed by atoms with Crippen molar-refractivity contribution in [2.45, 2.75) is 0 Å². The van der Waals surface area contributed by atoms with E-state index in [9.17, 15) is 19.8 Å². The SMILES string of the molecule is COc1c(OC)c(OC)c(-c2ccccc2C(=O)O)c(C(=O)O)c1OC. The second-order valence-electron chi connectivity index (χ2n) is 5.04. The van der Waals surface area contributed by atoms with Crippen LogP contribution in [-0.2, 0) is 0 Å². The molecular weight excluding hydrogens is 344 g/mol. The smallest absolute Gasteiger partial charge is 0.340 e. The van der Waals surface area contributed by atoms with E-state index in [2.05, 4.69) is 0 Å². The highest BCUT2D eigenvalue weighted by molar-refractivity contribution is 6.07. The predicted octanol–water partition coefficient (Wildman–Crippen LogP) is 2.78. The predicted molar refractivity (Wildman–Crippen MR) is 92.0 cm³/mol. The zero-order valence-corrected chi connectivity index (χ0v) is 14.7. The number of methoxy groups -OCH3 is 4. The van der Waals surface area contributed by atoms with Gasteiger partial charge in [0, 0.05) is 11.1 Å². The molecule has 138 valence electrons. The fourth-order valence-corrected chi connectivity index (χ4v) is 2.77. The molecule has 0 radical (unpaired) electrons. The number of carboxylic acids is 2.